The number of ether oxygens (including phenoxy) is 1. The van der Waals surface area contributed by atoms with Gasteiger partial charge in [0, 0.05) is 25.4 Å². The fraction of sp³-hybridized carbons (Fsp3) is 0.550. The van der Waals surface area contributed by atoms with Crippen LogP contribution in [0.1, 0.15) is 38.4 Å². The van der Waals surface area contributed by atoms with Gasteiger partial charge in [-0.15, -0.1) is 0 Å². The van der Waals surface area contributed by atoms with Gasteiger partial charge in [0.15, 0.2) is 0 Å². The number of nitrogens with zero attached hydrogens (tertiary/aromatic N) is 1. The summed E-state index contributed by atoms with van der Waals surface area (Å²) in [6.45, 7) is 4.82. The molecule has 0 radical (unpaired) electrons. The van der Waals surface area contributed by atoms with Gasteiger partial charge in [-0.05, 0) is 25.0 Å². The highest BCUT2D eigenvalue weighted by Gasteiger charge is 2.45. The number of furan rings is 1. The summed E-state index contributed by atoms with van der Waals surface area (Å²) in [6, 6.07) is 10.4. The van der Waals surface area contributed by atoms with Gasteiger partial charge >= 0.3 is 0 Å². The van der Waals surface area contributed by atoms with E-state index in [-0.39, 0.29) is 17.6 Å². The largest absolute Gasteiger partial charge is 0.460 e. The van der Waals surface area contributed by atoms with Gasteiger partial charge in [0.2, 0.25) is 5.91 Å². The van der Waals surface area contributed by atoms with Crippen LogP contribution in [0.4, 0.5) is 0 Å². The van der Waals surface area contributed by atoms with E-state index in [4.69, 9.17) is 9.15 Å². The van der Waals surface area contributed by atoms with Crippen molar-refractivity contribution < 1.29 is 13.9 Å². The molecule has 5 heteroatoms. The minimum atomic E-state index is -0.256. The molecule has 0 unspecified atom stereocenters. The third-order valence-corrected chi connectivity index (χ3v) is 5.50. The molecule has 1 spiro atoms. The molecule has 25 heavy (non-hydrogen) atoms. The number of para-hydroxylation sites is 1. The molecule has 1 saturated carbocycles. The standard InChI is InChI=1S/C20H26N2O3/c1-15(23)21-19-8-4-5-9-20(19)14-22(10-11-24-20)13-17-12-16-6-2-3-7-18(16)25-17/h2-3,6-7,12,19H,4-5,8-11,13-14H2,1H3,(H,21,23)/t19-,20-/m1/s1. The minimum absolute atomic E-state index is 0.0317. The quantitative estimate of drug-likeness (QED) is 0.931. The lowest BCUT2D eigenvalue weighted by molar-refractivity contribution is -0.151. The maximum Gasteiger partial charge on any atom is 0.217 e. The van der Waals surface area contributed by atoms with Gasteiger partial charge in [0.05, 0.1) is 19.2 Å². The molecule has 5 nitrogen and oxygen atoms in total. The smallest absolute Gasteiger partial charge is 0.217 e. The van der Waals surface area contributed by atoms with Gasteiger partial charge in [-0.1, -0.05) is 31.0 Å². The van der Waals surface area contributed by atoms with E-state index in [1.807, 2.05) is 18.2 Å². The molecule has 2 fully saturated rings. The SMILES string of the molecule is CC(=O)N[C@@H]1CCCC[C@@]12CN(Cc1cc3ccccc3o1)CCO2. The number of carbonyl (C=O) groups is 1. The normalized spacial score (nSPS) is 27.6. The second-order valence-corrected chi connectivity index (χ2v) is 7.37. The summed E-state index contributed by atoms with van der Waals surface area (Å²) in [5, 5.41) is 4.28. The summed E-state index contributed by atoms with van der Waals surface area (Å²) < 4.78 is 12.2. The van der Waals surface area contributed by atoms with Crippen molar-refractivity contribution in [2.24, 2.45) is 0 Å². The molecular formula is C20H26N2O3. The van der Waals surface area contributed by atoms with E-state index in [1.54, 1.807) is 6.92 Å². The molecule has 2 aromatic rings. The number of fused-ring (bicyclic) bond motifs is 1. The van der Waals surface area contributed by atoms with E-state index < -0.39 is 0 Å². The highest BCUT2D eigenvalue weighted by molar-refractivity contribution is 5.77. The van der Waals surface area contributed by atoms with Crippen molar-refractivity contribution in [3.05, 3.63) is 36.1 Å². The number of hydrogen-bond acceptors (Lipinski definition) is 4. The number of rotatable bonds is 3. The van der Waals surface area contributed by atoms with E-state index in [0.717, 1.165) is 62.0 Å². The average molecular weight is 342 g/mol. The van der Waals surface area contributed by atoms with Gasteiger partial charge in [0.25, 0.3) is 0 Å². The lowest BCUT2D eigenvalue weighted by atomic mass is 9.78. The zero-order valence-corrected chi connectivity index (χ0v) is 14.8. The van der Waals surface area contributed by atoms with Gasteiger partial charge in [-0.25, -0.2) is 0 Å². The Hall–Kier alpha value is -1.85. The predicted molar refractivity (Wildman–Crippen MR) is 96.2 cm³/mol. The van der Waals surface area contributed by atoms with Crippen LogP contribution < -0.4 is 5.32 Å². The van der Waals surface area contributed by atoms with Crippen LogP contribution >= 0.6 is 0 Å². The summed E-state index contributed by atoms with van der Waals surface area (Å²) >= 11 is 0. The molecular weight excluding hydrogens is 316 g/mol. The molecule has 1 amide bonds. The van der Waals surface area contributed by atoms with Crippen molar-refractivity contribution in [2.75, 3.05) is 19.7 Å². The van der Waals surface area contributed by atoms with Crippen LogP contribution in [0.2, 0.25) is 0 Å². The second-order valence-electron chi connectivity index (χ2n) is 7.37. The molecule has 134 valence electrons. The summed E-state index contributed by atoms with van der Waals surface area (Å²) in [6.07, 6.45) is 4.32. The van der Waals surface area contributed by atoms with Crippen LogP contribution in [0.5, 0.6) is 0 Å². The van der Waals surface area contributed by atoms with Crippen LogP contribution in [0.25, 0.3) is 11.0 Å². The lowest BCUT2D eigenvalue weighted by Gasteiger charge is -2.49. The molecule has 1 aliphatic carbocycles. The topological polar surface area (TPSA) is 54.7 Å². The van der Waals surface area contributed by atoms with E-state index in [1.165, 1.54) is 0 Å². The van der Waals surface area contributed by atoms with Crippen molar-refractivity contribution in [1.82, 2.24) is 10.2 Å². The van der Waals surface area contributed by atoms with Crippen molar-refractivity contribution in [1.29, 1.82) is 0 Å². The van der Waals surface area contributed by atoms with Crippen LogP contribution in [-0.2, 0) is 16.1 Å². The van der Waals surface area contributed by atoms with E-state index in [2.05, 4.69) is 22.3 Å². The first kappa shape index (κ1) is 16.6. The average Bonchev–Trinajstić information content (AvgIpc) is 2.99. The Labute approximate surface area is 148 Å². The number of amides is 1. The molecule has 1 aliphatic heterocycles. The Balaban J connectivity index is 1.50. The number of morpholine rings is 1. The Morgan fingerprint density at radius 3 is 3.08 bits per heavy atom. The fourth-order valence-corrected chi connectivity index (χ4v) is 4.37. The van der Waals surface area contributed by atoms with Gasteiger partial charge in [-0.2, -0.15) is 0 Å². The van der Waals surface area contributed by atoms with E-state index in [9.17, 15) is 4.79 Å². The number of hydrogen-bond donors (Lipinski definition) is 1. The number of nitrogens with one attached hydrogen (secondary N) is 1. The minimum Gasteiger partial charge on any atom is -0.460 e. The molecule has 1 aromatic heterocycles. The van der Waals surface area contributed by atoms with E-state index >= 15 is 0 Å². The molecule has 2 atom stereocenters. The van der Waals surface area contributed by atoms with Crippen LogP contribution in [-0.4, -0.2) is 42.1 Å². The monoisotopic (exact) mass is 342 g/mol. The Bertz CT molecular complexity index is 719. The zero-order valence-electron chi connectivity index (χ0n) is 14.8. The zero-order chi connectivity index (χ0) is 17.3. The first-order chi connectivity index (χ1) is 12.1. The Morgan fingerprint density at radius 1 is 1.36 bits per heavy atom. The predicted octanol–water partition coefficient (Wildman–Crippen LogP) is 3.08. The van der Waals surface area contributed by atoms with Crippen molar-refractivity contribution in [2.45, 2.75) is 50.8 Å². The summed E-state index contributed by atoms with van der Waals surface area (Å²) in [4.78, 5) is 14.0. The molecule has 4 rings (SSSR count). The molecule has 1 N–H and O–H groups in total. The summed E-state index contributed by atoms with van der Waals surface area (Å²) in [7, 11) is 0. The Kier molecular flexibility index (Phi) is 4.52. The molecule has 1 saturated heterocycles. The van der Waals surface area contributed by atoms with Crippen molar-refractivity contribution >= 4 is 16.9 Å². The highest BCUT2D eigenvalue weighted by atomic mass is 16.5. The van der Waals surface area contributed by atoms with Gasteiger partial charge < -0.3 is 14.5 Å². The van der Waals surface area contributed by atoms with E-state index in [0.29, 0.717) is 6.61 Å². The molecule has 2 heterocycles. The first-order valence-electron chi connectivity index (χ1n) is 9.25. The third-order valence-electron chi connectivity index (χ3n) is 5.50. The van der Waals surface area contributed by atoms with Gasteiger partial charge in [0.1, 0.15) is 16.9 Å². The molecule has 0 bridgehead atoms. The third kappa shape index (κ3) is 3.44. The van der Waals surface area contributed by atoms with Crippen LogP contribution in [0, 0.1) is 0 Å². The van der Waals surface area contributed by atoms with Crippen molar-refractivity contribution in [3.63, 3.8) is 0 Å². The van der Waals surface area contributed by atoms with Gasteiger partial charge in [-0.3, -0.25) is 9.69 Å². The lowest BCUT2D eigenvalue weighted by Crippen LogP contribution is -2.63. The number of benzene rings is 1. The fourth-order valence-electron chi connectivity index (χ4n) is 4.37. The first-order valence-corrected chi connectivity index (χ1v) is 9.25. The van der Waals surface area contributed by atoms with Crippen LogP contribution in [0.3, 0.4) is 0 Å². The molecule has 2 aliphatic rings. The summed E-state index contributed by atoms with van der Waals surface area (Å²) in [5.41, 5.74) is 0.683. The highest BCUT2D eigenvalue weighted by Crippen LogP contribution is 2.35. The summed E-state index contributed by atoms with van der Waals surface area (Å²) in [5.74, 6) is 1.02. The maximum absolute atomic E-state index is 11.6. The van der Waals surface area contributed by atoms with Crippen LogP contribution in [0.15, 0.2) is 34.7 Å². The number of carbonyl (C=O) groups excluding carboxylic acids is 1. The maximum atomic E-state index is 11.6. The Morgan fingerprint density at radius 2 is 2.24 bits per heavy atom. The second kappa shape index (κ2) is 6.81. The van der Waals surface area contributed by atoms with Crippen molar-refractivity contribution in [3.8, 4) is 0 Å². The molecule has 1 aromatic carbocycles.